The molecule has 0 radical (unpaired) electrons. The molecule has 0 aliphatic rings. The summed E-state index contributed by atoms with van der Waals surface area (Å²) in [6.07, 6.45) is 2.99. The lowest BCUT2D eigenvalue weighted by Crippen LogP contribution is -2.66. The van der Waals surface area contributed by atoms with E-state index in [1.54, 1.807) is 6.92 Å². The zero-order chi connectivity index (χ0) is 22.4. The maximum absolute atomic E-state index is 11.5. The molecule has 0 aromatic heterocycles. The third-order valence-electron chi connectivity index (χ3n) is 5.24. The predicted octanol–water partition coefficient (Wildman–Crippen LogP) is 4.12. The standard InChI is InChI=1S/C24H34O4SSi/c1-7-21(18-20(2)28-29(6,25)26)19-27-30(24(3,4)5,22-14-10-8-11-15-22)23-16-12-9-13-17-23/h7-17,20-21H,1,18-19H2,2-6H3/t20-,21+/m1/s1. The van der Waals surface area contributed by atoms with Crippen molar-refractivity contribution >= 4 is 28.8 Å². The lowest BCUT2D eigenvalue weighted by atomic mass is 10.0. The topological polar surface area (TPSA) is 52.6 Å². The molecule has 0 bridgehead atoms. The fraction of sp³-hybridized carbons (Fsp3) is 0.417. The predicted molar refractivity (Wildman–Crippen MR) is 127 cm³/mol. The minimum absolute atomic E-state index is 0.0246. The molecule has 2 aromatic rings. The second kappa shape index (κ2) is 10.0. The largest absolute Gasteiger partial charge is 0.407 e. The summed E-state index contributed by atoms with van der Waals surface area (Å²) in [5.74, 6) is -0.0246. The number of rotatable bonds is 10. The van der Waals surface area contributed by atoms with Gasteiger partial charge in [0.05, 0.1) is 12.4 Å². The van der Waals surface area contributed by atoms with Gasteiger partial charge in [0, 0.05) is 12.5 Å². The average molecular weight is 447 g/mol. The third-order valence-corrected chi connectivity index (χ3v) is 10.9. The van der Waals surface area contributed by atoms with Gasteiger partial charge in [-0.2, -0.15) is 8.42 Å². The van der Waals surface area contributed by atoms with Crippen LogP contribution >= 0.6 is 0 Å². The fourth-order valence-electron chi connectivity index (χ4n) is 3.99. The van der Waals surface area contributed by atoms with Crippen LogP contribution in [-0.4, -0.2) is 35.7 Å². The summed E-state index contributed by atoms with van der Waals surface area (Å²) in [6, 6.07) is 20.9. The summed E-state index contributed by atoms with van der Waals surface area (Å²) in [7, 11) is -6.13. The molecule has 2 rings (SSSR count). The molecule has 164 valence electrons. The molecule has 0 saturated heterocycles. The van der Waals surface area contributed by atoms with Crippen LogP contribution in [0.25, 0.3) is 0 Å². The van der Waals surface area contributed by atoms with Gasteiger partial charge in [0.1, 0.15) is 0 Å². The summed E-state index contributed by atoms with van der Waals surface area (Å²) in [4.78, 5) is 0. The molecule has 0 unspecified atom stereocenters. The van der Waals surface area contributed by atoms with Gasteiger partial charge in [-0.05, 0) is 28.8 Å². The van der Waals surface area contributed by atoms with E-state index in [1.165, 1.54) is 10.4 Å². The number of hydrogen-bond donors (Lipinski definition) is 0. The number of hydrogen-bond acceptors (Lipinski definition) is 4. The van der Waals surface area contributed by atoms with E-state index in [0.717, 1.165) is 6.26 Å². The van der Waals surface area contributed by atoms with Gasteiger partial charge in [-0.15, -0.1) is 6.58 Å². The minimum atomic E-state index is -3.50. The maximum Gasteiger partial charge on any atom is 0.264 e. The molecule has 0 aliphatic heterocycles. The Morgan fingerprint density at radius 2 is 1.47 bits per heavy atom. The molecular formula is C24H34O4SSi. The highest BCUT2D eigenvalue weighted by atomic mass is 32.2. The second-order valence-corrected chi connectivity index (χ2v) is 14.7. The first-order chi connectivity index (χ1) is 14.0. The van der Waals surface area contributed by atoms with E-state index in [2.05, 4.69) is 75.9 Å². The SMILES string of the molecule is C=C[C@H](CO[Si](c1ccccc1)(c1ccccc1)C(C)(C)C)C[C@@H](C)OS(C)(=O)=O. The highest BCUT2D eigenvalue weighted by Gasteiger charge is 2.50. The van der Waals surface area contributed by atoms with Gasteiger partial charge in [-0.1, -0.05) is 87.5 Å². The minimum Gasteiger partial charge on any atom is -0.407 e. The van der Waals surface area contributed by atoms with Crippen molar-refractivity contribution in [2.45, 2.75) is 45.3 Å². The van der Waals surface area contributed by atoms with E-state index in [0.29, 0.717) is 13.0 Å². The van der Waals surface area contributed by atoms with Gasteiger partial charge in [0.15, 0.2) is 0 Å². The summed E-state index contributed by atoms with van der Waals surface area (Å²) >= 11 is 0. The highest BCUT2D eigenvalue weighted by Crippen LogP contribution is 2.37. The van der Waals surface area contributed by atoms with Crippen LogP contribution in [0.2, 0.25) is 5.04 Å². The Labute approximate surface area is 183 Å². The van der Waals surface area contributed by atoms with Crippen LogP contribution in [0.3, 0.4) is 0 Å². The van der Waals surface area contributed by atoms with E-state index in [1.807, 2.05) is 18.2 Å². The summed E-state index contributed by atoms with van der Waals surface area (Å²) in [6.45, 7) is 12.9. The molecule has 0 saturated carbocycles. The van der Waals surface area contributed by atoms with Crippen molar-refractivity contribution in [3.8, 4) is 0 Å². The van der Waals surface area contributed by atoms with Crippen molar-refractivity contribution in [3.05, 3.63) is 73.3 Å². The number of benzene rings is 2. The smallest absolute Gasteiger partial charge is 0.264 e. The fourth-order valence-corrected chi connectivity index (χ4v) is 9.28. The molecule has 0 heterocycles. The van der Waals surface area contributed by atoms with Gasteiger partial charge in [0.2, 0.25) is 0 Å². The Morgan fingerprint density at radius 1 is 1.00 bits per heavy atom. The van der Waals surface area contributed by atoms with Crippen LogP contribution in [0.1, 0.15) is 34.1 Å². The Hall–Kier alpha value is -1.73. The van der Waals surface area contributed by atoms with Gasteiger partial charge in [-0.3, -0.25) is 4.18 Å². The van der Waals surface area contributed by atoms with Crippen molar-refractivity contribution in [3.63, 3.8) is 0 Å². The Balaban J connectivity index is 2.39. The van der Waals surface area contributed by atoms with E-state index in [4.69, 9.17) is 8.61 Å². The molecule has 0 aliphatic carbocycles. The van der Waals surface area contributed by atoms with Crippen LogP contribution in [-0.2, 0) is 18.7 Å². The first-order valence-electron chi connectivity index (χ1n) is 10.3. The molecule has 0 fully saturated rings. The quantitative estimate of drug-likeness (QED) is 0.313. The monoisotopic (exact) mass is 446 g/mol. The van der Waals surface area contributed by atoms with Crippen LogP contribution < -0.4 is 10.4 Å². The maximum atomic E-state index is 11.5. The van der Waals surface area contributed by atoms with Crippen molar-refractivity contribution in [1.29, 1.82) is 0 Å². The highest BCUT2D eigenvalue weighted by molar-refractivity contribution is 7.86. The van der Waals surface area contributed by atoms with Crippen molar-refractivity contribution in [2.75, 3.05) is 12.9 Å². The average Bonchev–Trinajstić information content (AvgIpc) is 2.66. The summed E-state index contributed by atoms with van der Waals surface area (Å²) in [5, 5.41) is 2.31. The van der Waals surface area contributed by atoms with Gasteiger partial charge in [0.25, 0.3) is 18.4 Å². The van der Waals surface area contributed by atoms with Crippen molar-refractivity contribution in [1.82, 2.24) is 0 Å². The molecule has 0 spiro atoms. The molecule has 2 atom stereocenters. The van der Waals surface area contributed by atoms with Crippen LogP contribution in [0.5, 0.6) is 0 Å². The summed E-state index contributed by atoms with van der Waals surface area (Å²) in [5.41, 5.74) is 0. The van der Waals surface area contributed by atoms with Crippen molar-refractivity contribution < 1.29 is 17.0 Å². The van der Waals surface area contributed by atoms with E-state index >= 15 is 0 Å². The van der Waals surface area contributed by atoms with Crippen LogP contribution in [0.4, 0.5) is 0 Å². The molecule has 30 heavy (non-hydrogen) atoms. The van der Waals surface area contributed by atoms with Crippen LogP contribution in [0.15, 0.2) is 73.3 Å². The van der Waals surface area contributed by atoms with E-state index in [-0.39, 0.29) is 11.0 Å². The van der Waals surface area contributed by atoms with E-state index in [9.17, 15) is 8.42 Å². The van der Waals surface area contributed by atoms with Crippen LogP contribution in [0, 0.1) is 5.92 Å². The Kier molecular flexibility index (Phi) is 8.22. The molecular weight excluding hydrogens is 412 g/mol. The second-order valence-electron chi connectivity index (χ2n) is 8.82. The lowest BCUT2D eigenvalue weighted by molar-refractivity contribution is 0.174. The molecule has 6 heteroatoms. The molecule has 0 amide bonds. The van der Waals surface area contributed by atoms with Gasteiger partial charge < -0.3 is 4.43 Å². The Bertz CT molecular complexity index is 866. The van der Waals surface area contributed by atoms with Gasteiger partial charge in [-0.25, -0.2) is 0 Å². The van der Waals surface area contributed by atoms with Gasteiger partial charge >= 0.3 is 0 Å². The normalized spacial score (nSPS) is 14.8. The molecule has 2 aromatic carbocycles. The lowest BCUT2D eigenvalue weighted by Gasteiger charge is -2.43. The third kappa shape index (κ3) is 6.14. The summed E-state index contributed by atoms with van der Waals surface area (Å²) < 4.78 is 34.9. The first-order valence-corrected chi connectivity index (χ1v) is 14.0. The van der Waals surface area contributed by atoms with E-state index < -0.39 is 24.5 Å². The molecule has 0 N–H and O–H groups in total. The zero-order valence-corrected chi connectivity index (χ0v) is 20.5. The Morgan fingerprint density at radius 3 is 1.83 bits per heavy atom. The zero-order valence-electron chi connectivity index (χ0n) is 18.7. The molecule has 4 nitrogen and oxygen atoms in total. The van der Waals surface area contributed by atoms with Crippen molar-refractivity contribution in [2.24, 2.45) is 5.92 Å². The first kappa shape index (κ1) is 24.5.